The van der Waals surface area contributed by atoms with E-state index in [2.05, 4.69) is 27.3 Å². The van der Waals surface area contributed by atoms with Gasteiger partial charge in [0.25, 0.3) is 0 Å². The second-order valence-electron chi connectivity index (χ2n) is 5.03. The van der Waals surface area contributed by atoms with E-state index in [1.807, 2.05) is 24.3 Å². The van der Waals surface area contributed by atoms with Gasteiger partial charge in [-0.25, -0.2) is 4.98 Å². The first-order valence-electron chi connectivity index (χ1n) is 7.19. The zero-order valence-corrected chi connectivity index (χ0v) is 14.2. The second kappa shape index (κ2) is 5.81. The highest BCUT2D eigenvalue weighted by Crippen LogP contribution is 2.37. The van der Waals surface area contributed by atoms with Gasteiger partial charge in [0, 0.05) is 17.5 Å². The van der Waals surface area contributed by atoms with Crippen molar-refractivity contribution in [3.63, 3.8) is 0 Å². The first-order chi connectivity index (χ1) is 11.3. The highest BCUT2D eigenvalue weighted by atomic mass is 32.1. The Balaban J connectivity index is 1.99. The van der Waals surface area contributed by atoms with Crippen molar-refractivity contribution in [3.8, 4) is 27.6 Å². The van der Waals surface area contributed by atoms with Crippen molar-refractivity contribution in [1.82, 2.24) is 9.38 Å². The number of benzene rings is 1. The van der Waals surface area contributed by atoms with E-state index >= 15 is 0 Å². The molecule has 3 heterocycles. The highest BCUT2D eigenvalue weighted by Gasteiger charge is 2.20. The van der Waals surface area contributed by atoms with Gasteiger partial charge in [0.1, 0.15) is 5.75 Å². The number of nitrogens with zero attached hydrogens (tertiary/aromatic N) is 2. The molecule has 0 aliphatic heterocycles. The summed E-state index contributed by atoms with van der Waals surface area (Å²) in [6.45, 7) is 0.420. The lowest BCUT2D eigenvalue weighted by Crippen LogP contribution is -2.03. The lowest BCUT2D eigenvalue weighted by molar-refractivity contribution is 0.416. The van der Waals surface area contributed by atoms with E-state index < -0.39 is 0 Å². The Kier molecular flexibility index (Phi) is 3.65. The molecule has 0 saturated heterocycles. The van der Waals surface area contributed by atoms with Gasteiger partial charge in [-0.1, -0.05) is 18.2 Å². The Bertz CT molecular complexity index is 954. The maximum Gasteiger partial charge on any atom is 0.195 e. The van der Waals surface area contributed by atoms with Crippen molar-refractivity contribution in [2.75, 3.05) is 7.11 Å². The minimum Gasteiger partial charge on any atom is -0.496 e. The quantitative estimate of drug-likeness (QED) is 0.603. The SMILES string of the molecule is COc1ccccc1-c1nc2scc(-c3cccs3)n2c1CN. The number of rotatable bonds is 4. The third kappa shape index (κ3) is 2.26. The smallest absolute Gasteiger partial charge is 0.195 e. The van der Waals surface area contributed by atoms with Crippen LogP contribution in [0, 0.1) is 0 Å². The largest absolute Gasteiger partial charge is 0.496 e. The average molecular weight is 341 g/mol. The second-order valence-corrected chi connectivity index (χ2v) is 6.81. The van der Waals surface area contributed by atoms with Crippen molar-refractivity contribution in [2.45, 2.75) is 6.54 Å². The molecule has 0 saturated carbocycles. The summed E-state index contributed by atoms with van der Waals surface area (Å²) in [4.78, 5) is 6.99. The number of aromatic nitrogens is 2. The summed E-state index contributed by atoms with van der Waals surface area (Å²) in [5, 5.41) is 4.22. The summed E-state index contributed by atoms with van der Waals surface area (Å²) in [6, 6.07) is 12.1. The molecule has 0 fully saturated rings. The fraction of sp³-hybridized carbons (Fsp3) is 0.118. The van der Waals surface area contributed by atoms with Crippen LogP contribution in [-0.4, -0.2) is 16.5 Å². The lowest BCUT2D eigenvalue weighted by Gasteiger charge is -2.08. The van der Waals surface area contributed by atoms with Gasteiger partial charge in [0.2, 0.25) is 0 Å². The first kappa shape index (κ1) is 14.4. The molecule has 4 rings (SSSR count). The van der Waals surface area contributed by atoms with Crippen LogP contribution in [0.15, 0.2) is 47.2 Å². The van der Waals surface area contributed by atoms with Crippen molar-refractivity contribution >= 4 is 27.6 Å². The van der Waals surface area contributed by atoms with E-state index in [-0.39, 0.29) is 0 Å². The number of ether oxygens (including phenoxy) is 1. The van der Waals surface area contributed by atoms with Gasteiger partial charge in [-0.2, -0.15) is 0 Å². The van der Waals surface area contributed by atoms with E-state index in [1.165, 1.54) is 4.88 Å². The number of fused-ring (bicyclic) bond motifs is 1. The number of thiazole rings is 1. The molecule has 0 atom stereocenters. The van der Waals surface area contributed by atoms with Crippen molar-refractivity contribution < 1.29 is 4.74 Å². The molecule has 0 unspecified atom stereocenters. The summed E-state index contributed by atoms with van der Waals surface area (Å²) in [5.74, 6) is 0.811. The van der Waals surface area contributed by atoms with E-state index in [0.717, 1.165) is 33.4 Å². The fourth-order valence-corrected chi connectivity index (χ4v) is 4.47. The van der Waals surface area contributed by atoms with Gasteiger partial charge in [-0.3, -0.25) is 4.40 Å². The molecule has 4 nitrogen and oxygen atoms in total. The fourth-order valence-electron chi connectivity index (χ4n) is 2.76. The van der Waals surface area contributed by atoms with Crippen LogP contribution < -0.4 is 10.5 Å². The van der Waals surface area contributed by atoms with Crippen LogP contribution in [0.2, 0.25) is 0 Å². The lowest BCUT2D eigenvalue weighted by atomic mass is 10.1. The van der Waals surface area contributed by atoms with E-state index in [4.69, 9.17) is 15.5 Å². The molecular weight excluding hydrogens is 326 g/mol. The maximum atomic E-state index is 6.08. The number of nitrogens with two attached hydrogens (primary N) is 1. The molecule has 2 N–H and O–H groups in total. The monoisotopic (exact) mass is 341 g/mol. The molecule has 0 aliphatic rings. The topological polar surface area (TPSA) is 52.5 Å². The normalized spacial score (nSPS) is 11.2. The standard InChI is InChI=1S/C17H15N3OS2/c1-21-14-6-3-2-5-11(14)16-12(9-18)20-13(10-23-17(20)19-16)15-7-4-8-22-15/h2-8,10H,9,18H2,1H3. The molecular formula is C17H15N3OS2. The van der Waals surface area contributed by atoms with E-state index in [0.29, 0.717) is 6.54 Å². The van der Waals surface area contributed by atoms with Crippen LogP contribution in [0.3, 0.4) is 0 Å². The molecule has 6 heteroatoms. The maximum absolute atomic E-state index is 6.08. The average Bonchev–Trinajstić information content (AvgIpc) is 3.30. The Morgan fingerprint density at radius 2 is 2.04 bits per heavy atom. The summed E-state index contributed by atoms with van der Waals surface area (Å²) >= 11 is 3.35. The zero-order chi connectivity index (χ0) is 15.8. The zero-order valence-electron chi connectivity index (χ0n) is 12.5. The molecule has 3 aromatic heterocycles. The van der Waals surface area contributed by atoms with Crippen LogP contribution in [0.5, 0.6) is 5.75 Å². The van der Waals surface area contributed by atoms with Crippen molar-refractivity contribution in [1.29, 1.82) is 0 Å². The summed E-state index contributed by atoms with van der Waals surface area (Å²) < 4.78 is 7.65. The molecule has 1 aromatic carbocycles. The van der Waals surface area contributed by atoms with Crippen molar-refractivity contribution in [3.05, 3.63) is 52.9 Å². The summed E-state index contributed by atoms with van der Waals surface area (Å²) in [5.41, 5.74) is 10.1. The number of hydrogen-bond donors (Lipinski definition) is 1. The predicted octanol–water partition coefficient (Wildman–Crippen LogP) is 4.26. The first-order valence-corrected chi connectivity index (χ1v) is 8.95. The minimum absolute atomic E-state index is 0.420. The van der Waals surface area contributed by atoms with Gasteiger partial charge in [0.05, 0.1) is 29.1 Å². The molecule has 0 amide bonds. The van der Waals surface area contributed by atoms with Gasteiger partial charge < -0.3 is 10.5 Å². The molecule has 0 bridgehead atoms. The van der Waals surface area contributed by atoms with Gasteiger partial charge >= 0.3 is 0 Å². The molecule has 23 heavy (non-hydrogen) atoms. The number of para-hydroxylation sites is 1. The Hall–Kier alpha value is -2.15. The Morgan fingerprint density at radius 3 is 2.78 bits per heavy atom. The van der Waals surface area contributed by atoms with E-state index in [1.54, 1.807) is 29.8 Å². The van der Waals surface area contributed by atoms with Crippen LogP contribution in [0.1, 0.15) is 5.69 Å². The van der Waals surface area contributed by atoms with Crippen LogP contribution >= 0.6 is 22.7 Å². The highest BCUT2D eigenvalue weighted by molar-refractivity contribution is 7.17. The van der Waals surface area contributed by atoms with Gasteiger partial charge in [-0.05, 0) is 23.6 Å². The summed E-state index contributed by atoms with van der Waals surface area (Å²) in [6.07, 6.45) is 0. The molecule has 0 spiro atoms. The van der Waals surface area contributed by atoms with Gasteiger partial charge in [-0.15, -0.1) is 22.7 Å². The van der Waals surface area contributed by atoms with Crippen LogP contribution in [0.4, 0.5) is 0 Å². The van der Waals surface area contributed by atoms with Crippen LogP contribution in [-0.2, 0) is 6.54 Å². The van der Waals surface area contributed by atoms with Crippen molar-refractivity contribution in [2.24, 2.45) is 5.73 Å². The third-order valence-corrected chi connectivity index (χ3v) is 5.51. The molecule has 0 aliphatic carbocycles. The van der Waals surface area contributed by atoms with Crippen LogP contribution in [0.25, 0.3) is 26.8 Å². The van der Waals surface area contributed by atoms with E-state index in [9.17, 15) is 0 Å². The predicted molar refractivity (Wildman–Crippen MR) is 96.3 cm³/mol. The van der Waals surface area contributed by atoms with Gasteiger partial charge in [0.15, 0.2) is 4.96 Å². The number of imidazole rings is 1. The number of hydrogen-bond acceptors (Lipinski definition) is 5. The number of thiophene rings is 1. The molecule has 116 valence electrons. The Morgan fingerprint density at radius 1 is 1.17 bits per heavy atom. The minimum atomic E-state index is 0.420. The third-order valence-electron chi connectivity index (χ3n) is 3.79. The number of methoxy groups -OCH3 is 1. The molecule has 0 radical (unpaired) electrons. The Labute approximate surface area is 141 Å². The molecule has 4 aromatic rings. The summed E-state index contributed by atoms with van der Waals surface area (Å²) in [7, 11) is 1.68.